The van der Waals surface area contributed by atoms with Gasteiger partial charge in [-0.2, -0.15) is 0 Å². The van der Waals surface area contributed by atoms with E-state index in [-0.39, 0.29) is 17.9 Å². The minimum atomic E-state index is -0.866. The molecule has 0 bridgehead atoms. The van der Waals surface area contributed by atoms with Gasteiger partial charge in [-0.3, -0.25) is 9.59 Å². The summed E-state index contributed by atoms with van der Waals surface area (Å²) in [5, 5.41) is 11.3. The van der Waals surface area contributed by atoms with Crippen molar-refractivity contribution in [1.29, 1.82) is 0 Å². The van der Waals surface area contributed by atoms with Crippen LogP contribution in [0.5, 0.6) is 0 Å². The fraction of sp³-hybridized carbons (Fsp3) is 0.143. The summed E-state index contributed by atoms with van der Waals surface area (Å²) in [6.07, 6.45) is 1.49. The Balaban J connectivity index is 1.85. The van der Waals surface area contributed by atoms with Gasteiger partial charge in [-0.05, 0) is 55.5 Å². The van der Waals surface area contributed by atoms with Gasteiger partial charge in [0.25, 0.3) is 11.7 Å². The number of hydrogen-bond donors (Lipinski definition) is 1. The van der Waals surface area contributed by atoms with Crippen molar-refractivity contribution in [3.8, 4) is 0 Å². The second kappa shape index (κ2) is 7.05. The summed E-state index contributed by atoms with van der Waals surface area (Å²) < 4.78 is 11.0. The Morgan fingerprint density at radius 3 is 2.50 bits per heavy atom. The minimum Gasteiger partial charge on any atom is -0.507 e. The largest absolute Gasteiger partial charge is 0.507 e. The van der Waals surface area contributed by atoms with Crippen molar-refractivity contribution in [2.24, 2.45) is 0 Å². The lowest BCUT2D eigenvalue weighted by Crippen LogP contribution is -2.28. The average molecular weight is 398 g/mol. The molecule has 28 heavy (non-hydrogen) atoms. The molecule has 3 heterocycles. The molecule has 6 nitrogen and oxygen atoms in total. The molecule has 142 valence electrons. The second-order valence-corrected chi connectivity index (χ2v) is 6.90. The minimum absolute atomic E-state index is 0.0340. The SMILES string of the molecule is Cc1ccc(C2/C(=C(/O)c3ccc(Cl)cc3)C(=O)C(=O)N2Cc2ccco2)o1. The number of aryl methyl sites for hydroxylation is 1. The van der Waals surface area contributed by atoms with Crippen LogP contribution in [-0.4, -0.2) is 21.7 Å². The highest BCUT2D eigenvalue weighted by Gasteiger charge is 2.47. The predicted octanol–water partition coefficient (Wildman–Crippen LogP) is 4.46. The number of hydrogen-bond acceptors (Lipinski definition) is 5. The van der Waals surface area contributed by atoms with Crippen LogP contribution in [-0.2, 0) is 16.1 Å². The number of aliphatic hydroxyl groups excluding tert-OH is 1. The number of nitrogens with zero attached hydrogens (tertiary/aromatic N) is 1. The Kier molecular flexibility index (Phi) is 4.57. The summed E-state index contributed by atoms with van der Waals surface area (Å²) in [6, 6.07) is 12.3. The van der Waals surface area contributed by atoms with Crippen molar-refractivity contribution >= 4 is 29.1 Å². The number of amides is 1. The zero-order chi connectivity index (χ0) is 19.8. The molecule has 4 rings (SSSR count). The molecule has 1 fully saturated rings. The first kappa shape index (κ1) is 18.1. The Morgan fingerprint density at radius 2 is 1.89 bits per heavy atom. The highest BCUT2D eigenvalue weighted by atomic mass is 35.5. The van der Waals surface area contributed by atoms with Gasteiger partial charge in [0.1, 0.15) is 29.1 Å². The van der Waals surface area contributed by atoms with Gasteiger partial charge >= 0.3 is 0 Å². The predicted molar refractivity (Wildman–Crippen MR) is 101 cm³/mol. The molecular formula is C21H16ClNO5. The van der Waals surface area contributed by atoms with Gasteiger partial charge in [0.2, 0.25) is 0 Å². The van der Waals surface area contributed by atoms with Gasteiger partial charge in [0, 0.05) is 10.6 Å². The smallest absolute Gasteiger partial charge is 0.296 e. The number of likely N-dealkylation sites (tertiary alicyclic amines) is 1. The fourth-order valence-corrected chi connectivity index (χ4v) is 3.40. The molecule has 0 radical (unpaired) electrons. The summed E-state index contributed by atoms with van der Waals surface area (Å²) in [5.74, 6) is -0.259. The molecule has 0 saturated carbocycles. The van der Waals surface area contributed by atoms with Crippen LogP contribution in [0.3, 0.4) is 0 Å². The van der Waals surface area contributed by atoms with E-state index in [0.29, 0.717) is 27.9 Å². The Bertz CT molecular complexity index is 1060. The quantitative estimate of drug-likeness (QED) is 0.399. The van der Waals surface area contributed by atoms with E-state index >= 15 is 0 Å². The van der Waals surface area contributed by atoms with Crippen molar-refractivity contribution in [1.82, 2.24) is 4.90 Å². The molecular weight excluding hydrogens is 382 g/mol. The molecule has 7 heteroatoms. The zero-order valence-corrected chi connectivity index (χ0v) is 15.6. The van der Waals surface area contributed by atoms with Crippen molar-refractivity contribution in [2.75, 3.05) is 0 Å². The third-order valence-electron chi connectivity index (χ3n) is 4.59. The van der Waals surface area contributed by atoms with Crippen LogP contribution in [0.2, 0.25) is 5.02 Å². The van der Waals surface area contributed by atoms with Crippen LogP contribution in [0.4, 0.5) is 0 Å². The van der Waals surface area contributed by atoms with Crippen LogP contribution in [0.25, 0.3) is 5.76 Å². The zero-order valence-electron chi connectivity index (χ0n) is 14.9. The van der Waals surface area contributed by atoms with Gasteiger partial charge in [-0.1, -0.05) is 11.6 Å². The van der Waals surface area contributed by atoms with E-state index in [1.807, 2.05) is 0 Å². The monoisotopic (exact) mass is 397 g/mol. The number of ketones is 1. The number of rotatable bonds is 4. The van der Waals surface area contributed by atoms with E-state index in [1.165, 1.54) is 11.2 Å². The molecule has 3 aromatic rings. The number of furan rings is 2. The van der Waals surface area contributed by atoms with Crippen molar-refractivity contribution in [2.45, 2.75) is 19.5 Å². The Labute approximate surface area is 165 Å². The lowest BCUT2D eigenvalue weighted by Gasteiger charge is -2.22. The van der Waals surface area contributed by atoms with Gasteiger partial charge in [0.15, 0.2) is 0 Å². The summed E-state index contributed by atoms with van der Waals surface area (Å²) in [4.78, 5) is 26.9. The molecule has 0 aliphatic carbocycles. The van der Waals surface area contributed by atoms with Crippen LogP contribution >= 0.6 is 11.6 Å². The van der Waals surface area contributed by atoms with E-state index in [4.69, 9.17) is 20.4 Å². The molecule has 1 saturated heterocycles. The van der Waals surface area contributed by atoms with E-state index in [9.17, 15) is 14.7 Å². The molecule has 1 aromatic carbocycles. The maximum absolute atomic E-state index is 12.8. The molecule has 2 aromatic heterocycles. The number of halogens is 1. The molecule has 1 atom stereocenters. The second-order valence-electron chi connectivity index (χ2n) is 6.46. The number of aliphatic hydroxyl groups is 1. The van der Waals surface area contributed by atoms with Crippen molar-refractivity contribution < 1.29 is 23.5 Å². The van der Waals surface area contributed by atoms with Gasteiger partial charge in [-0.15, -0.1) is 0 Å². The topological polar surface area (TPSA) is 83.9 Å². The normalized spacial score (nSPS) is 18.8. The van der Waals surface area contributed by atoms with Crippen molar-refractivity contribution in [3.05, 3.63) is 88.2 Å². The first-order chi connectivity index (χ1) is 13.5. The highest BCUT2D eigenvalue weighted by Crippen LogP contribution is 2.40. The Morgan fingerprint density at radius 1 is 1.14 bits per heavy atom. The number of carbonyl (C=O) groups is 2. The first-order valence-corrected chi connectivity index (χ1v) is 8.96. The lowest BCUT2D eigenvalue weighted by atomic mass is 9.99. The van der Waals surface area contributed by atoms with Crippen molar-refractivity contribution in [3.63, 3.8) is 0 Å². The van der Waals surface area contributed by atoms with Gasteiger partial charge in [0.05, 0.1) is 18.4 Å². The maximum Gasteiger partial charge on any atom is 0.296 e. The van der Waals surface area contributed by atoms with Crippen LogP contribution in [0, 0.1) is 6.92 Å². The third-order valence-corrected chi connectivity index (χ3v) is 4.85. The maximum atomic E-state index is 12.8. The fourth-order valence-electron chi connectivity index (χ4n) is 3.27. The molecule has 1 aliphatic rings. The summed E-state index contributed by atoms with van der Waals surface area (Å²) in [5.41, 5.74) is 0.349. The molecule has 0 spiro atoms. The van der Waals surface area contributed by atoms with E-state index < -0.39 is 17.7 Å². The number of carbonyl (C=O) groups excluding carboxylic acids is 2. The number of benzene rings is 1. The summed E-state index contributed by atoms with van der Waals surface area (Å²) in [7, 11) is 0. The third kappa shape index (κ3) is 3.12. The van der Waals surface area contributed by atoms with Gasteiger partial charge < -0.3 is 18.8 Å². The molecule has 1 amide bonds. The summed E-state index contributed by atoms with van der Waals surface area (Å²) >= 11 is 5.91. The summed E-state index contributed by atoms with van der Waals surface area (Å²) in [6.45, 7) is 1.83. The van der Waals surface area contributed by atoms with Crippen LogP contribution in [0.1, 0.15) is 28.9 Å². The average Bonchev–Trinajstić information content (AvgIpc) is 3.39. The van der Waals surface area contributed by atoms with Crippen LogP contribution in [0.15, 0.2) is 69.2 Å². The molecule has 1 unspecified atom stereocenters. The number of Topliss-reactive ketones (excluding diaryl/α,β-unsaturated/α-hetero) is 1. The van der Waals surface area contributed by atoms with Crippen LogP contribution < -0.4 is 0 Å². The lowest BCUT2D eigenvalue weighted by molar-refractivity contribution is -0.140. The van der Waals surface area contributed by atoms with E-state index in [1.54, 1.807) is 55.5 Å². The van der Waals surface area contributed by atoms with E-state index in [0.717, 1.165) is 0 Å². The Hall–Kier alpha value is -3.25. The first-order valence-electron chi connectivity index (χ1n) is 8.59. The van der Waals surface area contributed by atoms with Gasteiger partial charge in [-0.25, -0.2) is 0 Å². The van der Waals surface area contributed by atoms with E-state index in [2.05, 4.69) is 0 Å². The molecule has 1 aliphatic heterocycles. The molecule has 1 N–H and O–H groups in total. The standard InChI is InChI=1S/C21H16ClNO5/c1-12-4-9-16(28-12)18-17(19(24)13-5-7-14(22)8-6-13)20(25)21(26)23(18)11-15-3-2-10-27-15/h2-10,18,24H,11H2,1H3/b19-17-. The highest BCUT2D eigenvalue weighted by molar-refractivity contribution is 6.46.